The first kappa shape index (κ1) is 35.0. The Hall–Kier alpha value is -5.75. The quantitative estimate of drug-likeness (QED) is 0.108. The zero-order valence-electron chi connectivity index (χ0n) is 32.0. The molecule has 0 fully saturated rings. The molecule has 0 unspecified atom stereocenters. The minimum atomic E-state index is -1.51. The molecule has 0 radical (unpaired) electrons. The van der Waals surface area contributed by atoms with Gasteiger partial charge in [-0.25, -0.2) is 0 Å². The Morgan fingerprint density at radius 1 is 0.436 bits per heavy atom. The molecule has 0 saturated carbocycles. The Morgan fingerprint density at radius 3 is 1.42 bits per heavy atom. The van der Waals surface area contributed by atoms with E-state index in [4.69, 9.17) is 4.42 Å². The molecular formula is C50H44N2OSSi. The number of rotatable bonds is 9. The van der Waals surface area contributed by atoms with Gasteiger partial charge in [0.2, 0.25) is 0 Å². The van der Waals surface area contributed by atoms with Gasteiger partial charge in [-0.15, -0.1) is 11.8 Å². The summed E-state index contributed by atoms with van der Waals surface area (Å²) in [7, 11) is -1.51. The van der Waals surface area contributed by atoms with Gasteiger partial charge in [0, 0.05) is 55.0 Å². The van der Waals surface area contributed by atoms with E-state index in [1.54, 1.807) is 0 Å². The number of furan rings is 1. The second kappa shape index (κ2) is 14.1. The van der Waals surface area contributed by atoms with Gasteiger partial charge in [-0.1, -0.05) is 105 Å². The lowest BCUT2D eigenvalue weighted by Gasteiger charge is -2.27. The molecule has 0 amide bonds. The van der Waals surface area contributed by atoms with E-state index in [1.807, 2.05) is 11.8 Å². The minimum absolute atomic E-state index is 0.508. The summed E-state index contributed by atoms with van der Waals surface area (Å²) in [6, 6.07) is 61.8. The zero-order chi connectivity index (χ0) is 37.7. The van der Waals surface area contributed by atoms with Gasteiger partial charge in [-0.05, 0) is 125 Å². The Labute approximate surface area is 328 Å². The standard InChI is InChI=1S/C50H44N2OSSi/c1-34(2)54-45-20-12-18-41(32-45)51(39-14-8-6-9-15-39)43-24-22-35-28-47-48-29-36-23-25-44(27-38(36)31-50(48)53-49(47)30-37(35)26-43)52(40-16-10-7-11-17-40)42-19-13-21-46(33-42)55(3,4)5/h6-34H,1-5H3. The van der Waals surface area contributed by atoms with Crippen LogP contribution in [-0.2, 0) is 0 Å². The van der Waals surface area contributed by atoms with Gasteiger partial charge in [0.15, 0.2) is 0 Å². The van der Waals surface area contributed by atoms with E-state index in [-0.39, 0.29) is 0 Å². The van der Waals surface area contributed by atoms with E-state index in [0.29, 0.717) is 5.25 Å². The maximum absolute atomic E-state index is 6.69. The van der Waals surface area contributed by atoms with E-state index < -0.39 is 8.07 Å². The molecule has 0 aliphatic carbocycles. The summed E-state index contributed by atoms with van der Waals surface area (Å²) in [6.45, 7) is 11.7. The molecule has 0 saturated heterocycles. The minimum Gasteiger partial charge on any atom is -0.456 e. The summed E-state index contributed by atoms with van der Waals surface area (Å²) in [5, 5.41) is 8.88. The van der Waals surface area contributed by atoms with Crippen LogP contribution in [0.5, 0.6) is 0 Å². The molecule has 9 aromatic rings. The first-order valence-electron chi connectivity index (χ1n) is 19.1. The predicted molar refractivity (Wildman–Crippen MR) is 242 cm³/mol. The van der Waals surface area contributed by atoms with E-state index in [1.165, 1.54) is 26.5 Å². The summed E-state index contributed by atoms with van der Waals surface area (Å²) >= 11 is 1.89. The van der Waals surface area contributed by atoms with Crippen molar-refractivity contribution >= 4 is 103 Å². The molecule has 1 aromatic heterocycles. The van der Waals surface area contributed by atoms with Crippen LogP contribution in [0, 0.1) is 0 Å². The zero-order valence-corrected chi connectivity index (χ0v) is 33.8. The molecule has 0 atom stereocenters. The summed E-state index contributed by atoms with van der Waals surface area (Å²) in [5.74, 6) is 0. The highest BCUT2D eigenvalue weighted by Crippen LogP contribution is 2.41. The number of thioether (sulfide) groups is 1. The van der Waals surface area contributed by atoms with Crippen molar-refractivity contribution in [2.45, 2.75) is 43.6 Å². The van der Waals surface area contributed by atoms with Crippen LogP contribution >= 0.6 is 11.8 Å². The molecule has 5 heteroatoms. The predicted octanol–water partition coefficient (Wildman–Crippen LogP) is 14.9. The SMILES string of the molecule is CC(C)Sc1cccc(N(c2ccccc2)c2ccc3cc4c(cc3c2)oc2cc3cc(N(c5ccccc5)c5cccc([Si](C)(C)C)c5)ccc3cc24)c1. The van der Waals surface area contributed by atoms with Gasteiger partial charge < -0.3 is 14.2 Å². The van der Waals surface area contributed by atoms with Crippen molar-refractivity contribution in [3.8, 4) is 0 Å². The molecule has 0 aliphatic rings. The molecule has 0 N–H and O–H groups in total. The Morgan fingerprint density at radius 2 is 0.909 bits per heavy atom. The van der Waals surface area contributed by atoms with Crippen molar-refractivity contribution in [3.05, 3.63) is 170 Å². The fraction of sp³-hybridized carbons (Fsp3) is 0.120. The molecular weight excluding hydrogens is 705 g/mol. The largest absolute Gasteiger partial charge is 0.456 e. The number of para-hydroxylation sites is 2. The molecule has 55 heavy (non-hydrogen) atoms. The lowest BCUT2D eigenvalue weighted by Crippen LogP contribution is -2.37. The second-order valence-electron chi connectivity index (χ2n) is 15.7. The second-order valence-corrected chi connectivity index (χ2v) is 22.4. The van der Waals surface area contributed by atoms with E-state index in [0.717, 1.165) is 61.1 Å². The van der Waals surface area contributed by atoms with Crippen molar-refractivity contribution in [2.75, 3.05) is 9.80 Å². The fourth-order valence-electron chi connectivity index (χ4n) is 7.64. The van der Waals surface area contributed by atoms with Crippen LogP contribution < -0.4 is 15.0 Å². The van der Waals surface area contributed by atoms with Gasteiger partial charge >= 0.3 is 0 Å². The van der Waals surface area contributed by atoms with Gasteiger partial charge in [0.1, 0.15) is 11.2 Å². The highest BCUT2D eigenvalue weighted by Gasteiger charge is 2.20. The van der Waals surface area contributed by atoms with Crippen LogP contribution in [0.15, 0.2) is 179 Å². The van der Waals surface area contributed by atoms with Gasteiger partial charge in [0.05, 0.1) is 8.07 Å². The molecule has 9 rings (SSSR count). The number of hydrogen-bond donors (Lipinski definition) is 0. The summed E-state index contributed by atoms with van der Waals surface area (Å²) in [5.41, 5.74) is 8.60. The van der Waals surface area contributed by atoms with Gasteiger partial charge in [-0.3, -0.25) is 0 Å². The maximum atomic E-state index is 6.69. The first-order chi connectivity index (χ1) is 26.7. The Kier molecular flexibility index (Phi) is 9.00. The van der Waals surface area contributed by atoms with Crippen LogP contribution in [0.2, 0.25) is 19.6 Å². The van der Waals surface area contributed by atoms with E-state index >= 15 is 0 Å². The van der Waals surface area contributed by atoms with Crippen LogP contribution in [0.25, 0.3) is 43.5 Å². The lowest BCUT2D eigenvalue weighted by molar-refractivity contribution is 0.670. The molecule has 8 aromatic carbocycles. The van der Waals surface area contributed by atoms with Crippen LogP contribution in [0.4, 0.5) is 34.1 Å². The average molecular weight is 749 g/mol. The highest BCUT2D eigenvalue weighted by atomic mass is 32.2. The normalized spacial score (nSPS) is 12.0. The summed E-state index contributed by atoms with van der Waals surface area (Å²) in [4.78, 5) is 5.98. The average Bonchev–Trinajstić information content (AvgIpc) is 3.52. The highest BCUT2D eigenvalue weighted by molar-refractivity contribution is 7.99. The molecule has 1 heterocycles. The topological polar surface area (TPSA) is 19.6 Å². The summed E-state index contributed by atoms with van der Waals surface area (Å²) in [6.07, 6.45) is 0. The van der Waals surface area contributed by atoms with Crippen molar-refractivity contribution < 1.29 is 4.42 Å². The fourth-order valence-corrected chi connectivity index (χ4v) is 9.71. The maximum Gasteiger partial charge on any atom is 0.136 e. The van der Waals surface area contributed by atoms with Crippen LogP contribution in [0.3, 0.4) is 0 Å². The van der Waals surface area contributed by atoms with Gasteiger partial charge in [-0.2, -0.15) is 0 Å². The third kappa shape index (κ3) is 6.90. The van der Waals surface area contributed by atoms with Crippen LogP contribution in [-0.4, -0.2) is 13.3 Å². The molecule has 3 nitrogen and oxygen atoms in total. The number of nitrogens with zero attached hydrogens (tertiary/aromatic N) is 2. The molecule has 0 spiro atoms. The third-order valence-electron chi connectivity index (χ3n) is 10.3. The Balaban J connectivity index is 1.13. The number of hydrogen-bond acceptors (Lipinski definition) is 4. The van der Waals surface area contributed by atoms with Crippen molar-refractivity contribution in [1.82, 2.24) is 0 Å². The molecule has 270 valence electrons. The van der Waals surface area contributed by atoms with Crippen molar-refractivity contribution in [1.29, 1.82) is 0 Å². The number of benzene rings is 8. The van der Waals surface area contributed by atoms with Crippen molar-refractivity contribution in [2.24, 2.45) is 0 Å². The van der Waals surface area contributed by atoms with Crippen molar-refractivity contribution in [3.63, 3.8) is 0 Å². The summed E-state index contributed by atoms with van der Waals surface area (Å²) < 4.78 is 6.69. The number of anilines is 6. The Bertz CT molecular complexity index is 2820. The van der Waals surface area contributed by atoms with E-state index in [9.17, 15) is 0 Å². The number of fused-ring (bicyclic) bond motifs is 5. The van der Waals surface area contributed by atoms with Gasteiger partial charge in [0.25, 0.3) is 0 Å². The smallest absolute Gasteiger partial charge is 0.136 e. The van der Waals surface area contributed by atoms with E-state index in [2.05, 4.69) is 213 Å². The monoisotopic (exact) mass is 748 g/mol. The molecule has 0 bridgehead atoms. The van der Waals surface area contributed by atoms with Crippen LogP contribution in [0.1, 0.15) is 13.8 Å². The first-order valence-corrected chi connectivity index (χ1v) is 23.5. The lowest BCUT2D eigenvalue weighted by atomic mass is 10.0. The third-order valence-corrected chi connectivity index (χ3v) is 13.4. The molecule has 0 aliphatic heterocycles.